The van der Waals surface area contributed by atoms with Gasteiger partial charge in [0.05, 0.1) is 51.1 Å². The molecule has 0 spiro atoms. The van der Waals surface area contributed by atoms with Crippen molar-refractivity contribution in [1.29, 1.82) is 0 Å². The van der Waals surface area contributed by atoms with E-state index in [2.05, 4.69) is 5.32 Å². The zero-order chi connectivity index (χ0) is 27.9. The van der Waals surface area contributed by atoms with E-state index in [1.165, 1.54) is 52.7 Å². The average molecular weight is 543 g/mol. The molecule has 1 N–H and O–H groups in total. The lowest BCUT2D eigenvalue weighted by Gasteiger charge is -2.23. The minimum atomic E-state index is -4.11. The van der Waals surface area contributed by atoms with Gasteiger partial charge >= 0.3 is 5.97 Å². The Morgan fingerprint density at radius 2 is 1.47 bits per heavy atom. The van der Waals surface area contributed by atoms with Gasteiger partial charge in [0.25, 0.3) is 0 Å². The Bertz CT molecular complexity index is 1410. The number of hydrogen-bond acceptors (Lipinski definition) is 8. The van der Waals surface area contributed by atoms with Gasteiger partial charge in [-0.1, -0.05) is 30.3 Å². The van der Waals surface area contributed by atoms with Crippen LogP contribution in [-0.2, 0) is 26.1 Å². The molecule has 3 rings (SSSR count). The lowest BCUT2D eigenvalue weighted by molar-refractivity contribution is -0.116. The van der Waals surface area contributed by atoms with E-state index in [9.17, 15) is 18.0 Å². The monoisotopic (exact) mass is 542 g/mol. The molecule has 0 unspecified atom stereocenters. The second-order valence-electron chi connectivity index (χ2n) is 8.18. The third kappa shape index (κ3) is 6.42. The molecule has 3 aromatic rings. The predicted molar refractivity (Wildman–Crippen MR) is 141 cm³/mol. The van der Waals surface area contributed by atoms with Crippen molar-refractivity contribution >= 4 is 27.6 Å². The number of carbonyl (C=O) groups is 2. The molecule has 0 atom stereocenters. The molecule has 38 heavy (non-hydrogen) atoms. The van der Waals surface area contributed by atoms with Crippen LogP contribution in [0.2, 0.25) is 0 Å². The molecule has 1 amide bonds. The summed E-state index contributed by atoms with van der Waals surface area (Å²) in [4.78, 5) is 25.6. The molecule has 0 aliphatic heterocycles. The van der Waals surface area contributed by atoms with Crippen LogP contribution in [0, 0.1) is 6.92 Å². The summed E-state index contributed by atoms with van der Waals surface area (Å²) in [7, 11) is 1.41. The maximum atomic E-state index is 13.7. The highest BCUT2D eigenvalue weighted by Gasteiger charge is 2.28. The summed E-state index contributed by atoms with van der Waals surface area (Å²) in [6.45, 7) is 1.15. The van der Waals surface area contributed by atoms with Crippen molar-refractivity contribution in [1.82, 2.24) is 4.31 Å². The molecule has 0 heterocycles. The first kappa shape index (κ1) is 28.5. The van der Waals surface area contributed by atoms with Crippen LogP contribution in [0.5, 0.6) is 17.2 Å². The fourth-order valence-corrected chi connectivity index (χ4v) is 5.25. The summed E-state index contributed by atoms with van der Waals surface area (Å²) < 4.78 is 49.0. The molecule has 0 aliphatic rings. The van der Waals surface area contributed by atoms with E-state index in [-0.39, 0.29) is 34.2 Å². The predicted octanol–water partition coefficient (Wildman–Crippen LogP) is 3.64. The number of rotatable bonds is 11. The molecule has 0 fully saturated rings. The van der Waals surface area contributed by atoms with Gasteiger partial charge in [0, 0.05) is 18.7 Å². The SMILES string of the molecule is COC(=O)c1cc(OC)c(OC)cc1NC(=O)CN(Cc1ccccc1)S(=O)(=O)c1ccc(OC)c(C)c1. The summed E-state index contributed by atoms with van der Waals surface area (Å²) in [6, 6.07) is 16.2. The van der Waals surface area contributed by atoms with Gasteiger partial charge < -0.3 is 24.3 Å². The fraction of sp³-hybridized carbons (Fsp3) is 0.259. The normalized spacial score (nSPS) is 11.1. The van der Waals surface area contributed by atoms with Gasteiger partial charge in [0.1, 0.15) is 5.75 Å². The number of benzene rings is 3. The van der Waals surface area contributed by atoms with Crippen LogP contribution in [0.25, 0.3) is 0 Å². The number of aryl methyl sites for hydroxylation is 1. The van der Waals surface area contributed by atoms with Gasteiger partial charge in [0.15, 0.2) is 11.5 Å². The van der Waals surface area contributed by atoms with Gasteiger partial charge in [-0.25, -0.2) is 13.2 Å². The van der Waals surface area contributed by atoms with Gasteiger partial charge in [-0.05, 0) is 36.2 Å². The summed E-state index contributed by atoms with van der Waals surface area (Å²) in [5.41, 5.74) is 1.42. The molecular formula is C27H30N2O8S. The number of sulfonamides is 1. The summed E-state index contributed by atoms with van der Waals surface area (Å²) in [5.74, 6) is -0.331. The molecule has 0 radical (unpaired) electrons. The van der Waals surface area contributed by atoms with E-state index in [1.54, 1.807) is 37.3 Å². The third-order valence-electron chi connectivity index (χ3n) is 5.73. The van der Waals surface area contributed by atoms with Gasteiger partial charge in [0.2, 0.25) is 15.9 Å². The van der Waals surface area contributed by atoms with E-state index in [0.717, 1.165) is 4.31 Å². The van der Waals surface area contributed by atoms with Crippen LogP contribution in [0.1, 0.15) is 21.5 Å². The smallest absolute Gasteiger partial charge is 0.340 e. The standard InChI is InChI=1S/C27H30N2O8S/c1-18-13-20(11-12-23(18)34-2)38(32,33)29(16-19-9-7-6-8-10-19)17-26(30)28-22-15-25(36-4)24(35-3)14-21(22)27(31)37-5/h6-15H,16-17H2,1-5H3,(H,28,30). The van der Waals surface area contributed by atoms with Crippen LogP contribution in [0.3, 0.4) is 0 Å². The Labute approximate surface area is 222 Å². The Morgan fingerprint density at radius 1 is 0.842 bits per heavy atom. The van der Waals surface area contributed by atoms with Crippen molar-refractivity contribution in [3.8, 4) is 17.2 Å². The molecule has 0 bridgehead atoms. The molecule has 10 nitrogen and oxygen atoms in total. The first-order valence-electron chi connectivity index (χ1n) is 11.5. The number of carbonyl (C=O) groups excluding carboxylic acids is 2. The maximum absolute atomic E-state index is 13.7. The second-order valence-corrected chi connectivity index (χ2v) is 10.1. The Balaban J connectivity index is 1.98. The highest BCUT2D eigenvalue weighted by molar-refractivity contribution is 7.89. The Kier molecular flexibility index (Phi) is 9.32. The van der Waals surface area contributed by atoms with E-state index in [0.29, 0.717) is 16.9 Å². The van der Waals surface area contributed by atoms with Crippen LogP contribution in [0.4, 0.5) is 5.69 Å². The van der Waals surface area contributed by atoms with Crippen molar-refractivity contribution in [2.75, 3.05) is 40.3 Å². The molecule has 11 heteroatoms. The topological polar surface area (TPSA) is 120 Å². The summed E-state index contributed by atoms with van der Waals surface area (Å²) in [6.07, 6.45) is 0. The highest BCUT2D eigenvalue weighted by Crippen LogP contribution is 2.34. The lowest BCUT2D eigenvalue weighted by atomic mass is 10.1. The number of methoxy groups -OCH3 is 4. The molecule has 0 aliphatic carbocycles. The molecule has 202 valence electrons. The quantitative estimate of drug-likeness (QED) is 0.365. The second kappa shape index (κ2) is 12.4. The number of hydrogen-bond donors (Lipinski definition) is 1. The van der Waals surface area contributed by atoms with Gasteiger partial charge in [-0.15, -0.1) is 0 Å². The number of nitrogens with zero attached hydrogens (tertiary/aromatic N) is 1. The third-order valence-corrected chi connectivity index (χ3v) is 7.52. The van der Waals surface area contributed by atoms with Crippen LogP contribution >= 0.6 is 0 Å². The van der Waals surface area contributed by atoms with Crippen LogP contribution in [0.15, 0.2) is 65.6 Å². The molecule has 0 aromatic heterocycles. The fourth-order valence-electron chi connectivity index (χ4n) is 3.78. The van der Waals surface area contributed by atoms with Crippen LogP contribution in [-0.4, -0.2) is 59.6 Å². The largest absolute Gasteiger partial charge is 0.496 e. The number of esters is 1. The first-order chi connectivity index (χ1) is 18.1. The zero-order valence-corrected chi connectivity index (χ0v) is 22.6. The summed E-state index contributed by atoms with van der Waals surface area (Å²) in [5, 5.41) is 2.62. The number of anilines is 1. The van der Waals surface area contributed by atoms with Crippen molar-refractivity contribution in [3.05, 3.63) is 77.4 Å². The first-order valence-corrected chi connectivity index (χ1v) is 12.9. The van der Waals surface area contributed by atoms with Gasteiger partial charge in [-0.2, -0.15) is 4.31 Å². The minimum Gasteiger partial charge on any atom is -0.496 e. The summed E-state index contributed by atoms with van der Waals surface area (Å²) >= 11 is 0. The van der Waals surface area contributed by atoms with Crippen molar-refractivity contribution in [2.45, 2.75) is 18.4 Å². The Morgan fingerprint density at radius 3 is 2.05 bits per heavy atom. The minimum absolute atomic E-state index is 0.0147. The number of amides is 1. The molecule has 0 saturated carbocycles. The van der Waals surface area contributed by atoms with E-state index < -0.39 is 28.4 Å². The highest BCUT2D eigenvalue weighted by atomic mass is 32.2. The lowest BCUT2D eigenvalue weighted by Crippen LogP contribution is -2.37. The van der Waals surface area contributed by atoms with Crippen molar-refractivity contribution in [2.24, 2.45) is 0 Å². The van der Waals surface area contributed by atoms with E-state index >= 15 is 0 Å². The Hall–Kier alpha value is -4.09. The molecular weight excluding hydrogens is 512 g/mol. The maximum Gasteiger partial charge on any atom is 0.340 e. The van der Waals surface area contributed by atoms with Crippen molar-refractivity contribution < 1.29 is 37.0 Å². The molecule has 3 aromatic carbocycles. The van der Waals surface area contributed by atoms with E-state index in [4.69, 9.17) is 18.9 Å². The van der Waals surface area contributed by atoms with Crippen LogP contribution < -0.4 is 19.5 Å². The molecule has 0 saturated heterocycles. The average Bonchev–Trinajstić information content (AvgIpc) is 2.92. The van der Waals surface area contributed by atoms with Gasteiger partial charge in [-0.3, -0.25) is 4.79 Å². The van der Waals surface area contributed by atoms with E-state index in [1.807, 2.05) is 6.07 Å². The number of nitrogens with one attached hydrogen (secondary N) is 1. The zero-order valence-electron chi connectivity index (χ0n) is 21.8. The van der Waals surface area contributed by atoms with Crippen molar-refractivity contribution in [3.63, 3.8) is 0 Å². The number of ether oxygens (including phenoxy) is 4.